The second kappa shape index (κ2) is 10.0. The largest absolute Gasteiger partial charge is 0.490 e. The summed E-state index contributed by atoms with van der Waals surface area (Å²) in [5.41, 5.74) is 1.47. The summed E-state index contributed by atoms with van der Waals surface area (Å²) >= 11 is 0. The van der Waals surface area contributed by atoms with E-state index in [0.717, 1.165) is 11.6 Å². The summed E-state index contributed by atoms with van der Waals surface area (Å²) in [5.74, 6) is -0.845. The van der Waals surface area contributed by atoms with Crippen LogP contribution in [0.15, 0.2) is 72.8 Å². The van der Waals surface area contributed by atoms with Gasteiger partial charge in [-0.1, -0.05) is 42.5 Å². The summed E-state index contributed by atoms with van der Waals surface area (Å²) in [4.78, 5) is 35.9. The molecule has 0 saturated carbocycles. The predicted molar refractivity (Wildman–Crippen MR) is 117 cm³/mol. The molecule has 0 heterocycles. The maximum Gasteiger partial charge on any atom is 0.311 e. The third-order valence-corrected chi connectivity index (χ3v) is 4.60. The van der Waals surface area contributed by atoms with Crippen LogP contribution in [-0.4, -0.2) is 30.4 Å². The SMILES string of the molecule is COc1ccc(C(=O)Nc2ccccc2C(=O)NCCc2ccccc2)cc1[N+](=O)[O-]. The highest BCUT2D eigenvalue weighted by molar-refractivity contribution is 6.09. The van der Waals surface area contributed by atoms with E-state index in [0.29, 0.717) is 24.2 Å². The van der Waals surface area contributed by atoms with Gasteiger partial charge in [0.1, 0.15) is 0 Å². The van der Waals surface area contributed by atoms with E-state index in [2.05, 4.69) is 10.6 Å². The number of carbonyl (C=O) groups excluding carboxylic acids is 2. The number of nitro groups is 1. The molecule has 0 atom stereocenters. The van der Waals surface area contributed by atoms with Gasteiger partial charge in [-0.15, -0.1) is 0 Å². The van der Waals surface area contributed by atoms with Crippen LogP contribution in [0.3, 0.4) is 0 Å². The third kappa shape index (κ3) is 5.45. The summed E-state index contributed by atoms with van der Waals surface area (Å²) in [6.45, 7) is 0.440. The first kappa shape index (κ1) is 21.5. The maximum absolute atomic E-state index is 12.7. The number of hydrogen-bond donors (Lipinski definition) is 2. The minimum Gasteiger partial charge on any atom is -0.490 e. The zero-order valence-electron chi connectivity index (χ0n) is 16.8. The molecule has 0 unspecified atom stereocenters. The molecule has 0 aromatic heterocycles. The van der Waals surface area contributed by atoms with E-state index in [-0.39, 0.29) is 22.9 Å². The molecular weight excluding hydrogens is 398 g/mol. The molecule has 0 aliphatic heterocycles. The van der Waals surface area contributed by atoms with Crippen LogP contribution in [0.5, 0.6) is 5.75 Å². The predicted octanol–water partition coefficient (Wildman–Crippen LogP) is 3.83. The van der Waals surface area contributed by atoms with Gasteiger partial charge in [-0.25, -0.2) is 0 Å². The molecule has 0 aliphatic carbocycles. The third-order valence-electron chi connectivity index (χ3n) is 4.60. The minimum atomic E-state index is -0.621. The first-order valence-electron chi connectivity index (χ1n) is 9.54. The van der Waals surface area contributed by atoms with Gasteiger partial charge in [0.15, 0.2) is 5.75 Å². The van der Waals surface area contributed by atoms with Crippen molar-refractivity contribution < 1.29 is 19.2 Å². The topological polar surface area (TPSA) is 111 Å². The normalized spacial score (nSPS) is 10.2. The average molecular weight is 419 g/mol. The standard InChI is InChI=1S/C23H21N3O5/c1-31-21-12-11-17(15-20(21)26(29)30)22(27)25-19-10-6-5-9-18(19)23(28)24-14-13-16-7-3-2-4-8-16/h2-12,15H,13-14H2,1H3,(H,24,28)(H,25,27). The first-order valence-corrected chi connectivity index (χ1v) is 9.54. The van der Waals surface area contributed by atoms with Crippen LogP contribution in [0.4, 0.5) is 11.4 Å². The highest BCUT2D eigenvalue weighted by atomic mass is 16.6. The lowest BCUT2D eigenvalue weighted by Gasteiger charge is -2.12. The lowest BCUT2D eigenvalue weighted by Crippen LogP contribution is -2.27. The van der Waals surface area contributed by atoms with Crippen molar-refractivity contribution >= 4 is 23.2 Å². The quantitative estimate of drug-likeness (QED) is 0.426. The van der Waals surface area contributed by atoms with Crippen LogP contribution in [0.1, 0.15) is 26.3 Å². The average Bonchev–Trinajstić information content (AvgIpc) is 2.79. The molecule has 0 radical (unpaired) electrons. The number of rotatable bonds is 8. The van der Waals surface area contributed by atoms with Crippen LogP contribution in [0, 0.1) is 10.1 Å². The van der Waals surface area contributed by atoms with E-state index in [1.165, 1.54) is 19.2 Å². The van der Waals surface area contributed by atoms with E-state index < -0.39 is 10.8 Å². The number of nitrogens with zero attached hydrogens (tertiary/aromatic N) is 1. The molecule has 0 fully saturated rings. The Bertz CT molecular complexity index is 1100. The Kier molecular flexibility index (Phi) is 6.95. The number of methoxy groups -OCH3 is 1. The van der Waals surface area contributed by atoms with Gasteiger partial charge in [-0.3, -0.25) is 19.7 Å². The van der Waals surface area contributed by atoms with E-state index in [9.17, 15) is 19.7 Å². The number of para-hydroxylation sites is 1. The number of hydrogen-bond acceptors (Lipinski definition) is 5. The number of nitrogens with one attached hydrogen (secondary N) is 2. The molecule has 3 aromatic carbocycles. The monoisotopic (exact) mass is 419 g/mol. The Labute approximate surface area is 179 Å². The lowest BCUT2D eigenvalue weighted by molar-refractivity contribution is -0.385. The fourth-order valence-electron chi connectivity index (χ4n) is 3.02. The van der Waals surface area contributed by atoms with Crippen LogP contribution < -0.4 is 15.4 Å². The minimum absolute atomic E-state index is 0.0553. The molecule has 8 heteroatoms. The van der Waals surface area contributed by atoms with E-state index in [4.69, 9.17) is 4.74 Å². The lowest BCUT2D eigenvalue weighted by atomic mass is 10.1. The molecule has 0 aliphatic rings. The number of ether oxygens (including phenoxy) is 1. The van der Waals surface area contributed by atoms with Gasteiger partial charge < -0.3 is 15.4 Å². The molecule has 3 aromatic rings. The number of nitro benzene ring substituents is 1. The Morgan fingerprint density at radius 1 is 0.968 bits per heavy atom. The van der Waals surface area contributed by atoms with Gasteiger partial charge in [0.25, 0.3) is 11.8 Å². The zero-order chi connectivity index (χ0) is 22.2. The molecule has 2 N–H and O–H groups in total. The van der Waals surface area contributed by atoms with Gasteiger partial charge in [-0.2, -0.15) is 0 Å². The summed E-state index contributed by atoms with van der Waals surface area (Å²) in [6, 6.07) is 20.3. The highest BCUT2D eigenvalue weighted by Crippen LogP contribution is 2.28. The van der Waals surface area contributed by atoms with E-state index >= 15 is 0 Å². The number of anilines is 1. The van der Waals surface area contributed by atoms with E-state index in [1.807, 2.05) is 30.3 Å². The van der Waals surface area contributed by atoms with Crippen molar-refractivity contribution in [2.75, 3.05) is 19.0 Å². The van der Waals surface area contributed by atoms with Crippen LogP contribution in [0.2, 0.25) is 0 Å². The Balaban J connectivity index is 1.71. The van der Waals surface area contributed by atoms with Gasteiger partial charge >= 0.3 is 5.69 Å². The second-order valence-corrected chi connectivity index (χ2v) is 6.63. The summed E-state index contributed by atoms with van der Waals surface area (Å²) < 4.78 is 4.95. The Hall–Kier alpha value is -4.20. The van der Waals surface area contributed by atoms with E-state index in [1.54, 1.807) is 24.3 Å². The fraction of sp³-hybridized carbons (Fsp3) is 0.130. The van der Waals surface area contributed by atoms with Crippen LogP contribution >= 0.6 is 0 Å². The fourth-order valence-corrected chi connectivity index (χ4v) is 3.02. The van der Waals surface area contributed by atoms with Gasteiger partial charge in [0, 0.05) is 18.2 Å². The second-order valence-electron chi connectivity index (χ2n) is 6.63. The maximum atomic E-state index is 12.7. The first-order chi connectivity index (χ1) is 15.0. The van der Waals surface area contributed by atoms with Crippen molar-refractivity contribution in [3.63, 3.8) is 0 Å². The molecule has 0 bridgehead atoms. The molecule has 2 amide bonds. The number of benzene rings is 3. The summed E-state index contributed by atoms with van der Waals surface area (Å²) in [7, 11) is 1.31. The van der Waals surface area contributed by atoms with Crippen molar-refractivity contribution in [3.8, 4) is 5.75 Å². The number of carbonyl (C=O) groups is 2. The molecule has 31 heavy (non-hydrogen) atoms. The Morgan fingerprint density at radius 2 is 1.68 bits per heavy atom. The summed E-state index contributed by atoms with van der Waals surface area (Å²) in [6.07, 6.45) is 0.677. The van der Waals surface area contributed by atoms with Gasteiger partial charge in [-0.05, 0) is 36.2 Å². The smallest absolute Gasteiger partial charge is 0.311 e. The van der Waals surface area contributed by atoms with Crippen molar-refractivity contribution in [2.24, 2.45) is 0 Å². The molecule has 158 valence electrons. The van der Waals surface area contributed by atoms with Crippen molar-refractivity contribution in [2.45, 2.75) is 6.42 Å². The molecule has 0 saturated heterocycles. The molecule has 3 rings (SSSR count). The molecule has 0 spiro atoms. The van der Waals surface area contributed by atoms with Crippen LogP contribution in [0.25, 0.3) is 0 Å². The summed E-state index contributed by atoms with van der Waals surface area (Å²) in [5, 5.41) is 16.7. The molecule has 8 nitrogen and oxygen atoms in total. The van der Waals surface area contributed by atoms with Crippen molar-refractivity contribution in [1.29, 1.82) is 0 Å². The van der Waals surface area contributed by atoms with Gasteiger partial charge in [0.05, 0.1) is 23.3 Å². The van der Waals surface area contributed by atoms with Crippen molar-refractivity contribution in [1.82, 2.24) is 5.32 Å². The Morgan fingerprint density at radius 3 is 2.39 bits per heavy atom. The number of amides is 2. The van der Waals surface area contributed by atoms with Crippen LogP contribution in [-0.2, 0) is 6.42 Å². The molecular formula is C23H21N3O5. The van der Waals surface area contributed by atoms with Gasteiger partial charge in [0.2, 0.25) is 0 Å². The zero-order valence-corrected chi connectivity index (χ0v) is 16.8. The highest BCUT2D eigenvalue weighted by Gasteiger charge is 2.19. The van der Waals surface area contributed by atoms with Crippen molar-refractivity contribution in [3.05, 3.63) is 99.6 Å².